The van der Waals surface area contributed by atoms with Gasteiger partial charge in [0.15, 0.2) is 0 Å². The van der Waals surface area contributed by atoms with Gasteiger partial charge in [0.1, 0.15) is 0 Å². The van der Waals surface area contributed by atoms with Crippen LogP contribution < -0.4 is 51.4 Å². The van der Waals surface area contributed by atoms with Crippen LogP contribution in [0.25, 0.3) is 0 Å². The van der Waals surface area contributed by atoms with E-state index in [2.05, 4.69) is 25.6 Å². The van der Waals surface area contributed by atoms with Crippen LogP contribution in [0.2, 0.25) is 0 Å². The molecule has 0 aliphatic rings. The summed E-state index contributed by atoms with van der Waals surface area (Å²) in [4.78, 5) is 14.2. The molecule has 0 saturated heterocycles. The molecule has 0 bridgehead atoms. The first-order valence-electron chi connectivity index (χ1n) is 3.57. The molecule has 0 unspecified atom stereocenters. The third kappa shape index (κ3) is 56.2. The van der Waals surface area contributed by atoms with Gasteiger partial charge in [-0.3, -0.25) is 0 Å². The maximum atomic E-state index is 8.70. The summed E-state index contributed by atoms with van der Waals surface area (Å²) in [5, 5.41) is 0. The van der Waals surface area contributed by atoms with E-state index in [0.717, 1.165) is 0 Å². The monoisotopic (exact) mass is 257 g/mol. The van der Waals surface area contributed by atoms with Crippen LogP contribution in [0.15, 0.2) is 0 Å². The van der Waals surface area contributed by atoms with Gasteiger partial charge in [0.25, 0.3) is 0 Å². The SMILES string of the molecule is CCCSCCC.O.O=[P+](O)O.[H-].[K+]. The smallest absolute Gasteiger partial charge is 1.00 e. The van der Waals surface area contributed by atoms with Crippen LogP contribution in [0.1, 0.15) is 28.1 Å². The molecule has 0 saturated carbocycles. The second-order valence-electron chi connectivity index (χ2n) is 1.87. The summed E-state index contributed by atoms with van der Waals surface area (Å²) < 4.78 is 8.70. The van der Waals surface area contributed by atoms with E-state index in [9.17, 15) is 0 Å². The Morgan fingerprint density at radius 2 is 1.46 bits per heavy atom. The zero-order chi connectivity index (χ0) is 9.11. The molecule has 0 amide bonds. The van der Waals surface area contributed by atoms with E-state index >= 15 is 0 Å². The molecule has 0 rings (SSSR count). The Labute approximate surface area is 129 Å². The molecular formula is C6H19KO4PS+. The summed E-state index contributed by atoms with van der Waals surface area (Å²) >= 11 is 2.05. The van der Waals surface area contributed by atoms with Crippen LogP contribution in [-0.2, 0) is 4.57 Å². The van der Waals surface area contributed by atoms with Crippen molar-refractivity contribution in [1.82, 2.24) is 0 Å². The maximum Gasteiger partial charge on any atom is 1.00 e. The third-order valence-electron chi connectivity index (χ3n) is 0.697. The minimum atomic E-state index is -2.87. The summed E-state index contributed by atoms with van der Waals surface area (Å²) in [6, 6.07) is 0. The molecule has 0 aromatic rings. The minimum absolute atomic E-state index is 0. The number of thioether (sulfide) groups is 1. The first kappa shape index (κ1) is 24.3. The van der Waals surface area contributed by atoms with Crippen molar-refractivity contribution in [3.63, 3.8) is 0 Å². The first-order valence-corrected chi connectivity index (χ1v) is 5.89. The van der Waals surface area contributed by atoms with E-state index in [0.29, 0.717) is 0 Å². The van der Waals surface area contributed by atoms with Crippen LogP contribution in [-0.4, -0.2) is 26.8 Å². The summed E-state index contributed by atoms with van der Waals surface area (Å²) in [7, 11) is -2.87. The van der Waals surface area contributed by atoms with Crippen molar-refractivity contribution in [3.05, 3.63) is 0 Å². The van der Waals surface area contributed by atoms with E-state index in [1.807, 2.05) is 0 Å². The van der Waals surface area contributed by atoms with Crippen molar-refractivity contribution in [2.45, 2.75) is 26.7 Å². The van der Waals surface area contributed by atoms with Gasteiger partial charge in [-0.05, 0) is 24.3 Å². The minimum Gasteiger partial charge on any atom is -1.00 e. The average Bonchev–Trinajstić information content (AvgIpc) is 1.88. The Balaban J connectivity index is -0.0000000347. The van der Waals surface area contributed by atoms with E-state index in [1.54, 1.807) is 0 Å². The first-order chi connectivity index (χ1) is 5.15. The van der Waals surface area contributed by atoms with Crippen LogP contribution in [0.5, 0.6) is 0 Å². The fraction of sp³-hybridized carbons (Fsp3) is 1.00. The van der Waals surface area contributed by atoms with Gasteiger partial charge in [-0.15, -0.1) is 9.79 Å². The van der Waals surface area contributed by atoms with Crippen LogP contribution in [0.3, 0.4) is 0 Å². The summed E-state index contributed by atoms with van der Waals surface area (Å²) in [5.74, 6) is 2.68. The fourth-order valence-electron chi connectivity index (χ4n) is 0.391. The largest absolute Gasteiger partial charge is 1.00 e. The third-order valence-corrected chi connectivity index (χ3v) is 2.09. The maximum absolute atomic E-state index is 8.70. The fourth-order valence-corrected chi connectivity index (χ4v) is 1.17. The van der Waals surface area contributed by atoms with Gasteiger partial charge < -0.3 is 6.90 Å². The van der Waals surface area contributed by atoms with Gasteiger partial charge in [0.05, 0.1) is 0 Å². The van der Waals surface area contributed by atoms with Crippen molar-refractivity contribution >= 4 is 20.0 Å². The number of hydrogen-bond donors (Lipinski definition) is 2. The normalized spacial score (nSPS) is 7.08. The van der Waals surface area contributed by atoms with Crippen LogP contribution in [0.4, 0.5) is 0 Å². The van der Waals surface area contributed by atoms with E-state index in [1.165, 1.54) is 24.3 Å². The van der Waals surface area contributed by atoms with Gasteiger partial charge in [-0.2, -0.15) is 11.8 Å². The molecule has 0 atom stereocenters. The molecule has 0 aromatic carbocycles. The van der Waals surface area contributed by atoms with Crippen molar-refractivity contribution in [1.29, 1.82) is 0 Å². The quantitative estimate of drug-likeness (QED) is 0.363. The Morgan fingerprint density at radius 1 is 1.23 bits per heavy atom. The van der Waals surface area contributed by atoms with Crippen LogP contribution >= 0.6 is 20.0 Å². The zero-order valence-corrected chi connectivity index (χ0v) is 13.3. The molecule has 13 heavy (non-hydrogen) atoms. The number of rotatable bonds is 4. The van der Waals surface area contributed by atoms with Gasteiger partial charge in [-0.25, -0.2) is 0 Å². The molecule has 78 valence electrons. The summed E-state index contributed by atoms with van der Waals surface area (Å²) in [5.41, 5.74) is 0. The molecule has 4 nitrogen and oxygen atoms in total. The van der Waals surface area contributed by atoms with Gasteiger partial charge in [0.2, 0.25) is 0 Å². The van der Waals surface area contributed by atoms with Crippen molar-refractivity contribution < 1.29 is 72.6 Å². The van der Waals surface area contributed by atoms with Gasteiger partial charge in [0, 0.05) is 4.57 Å². The van der Waals surface area contributed by atoms with Crippen molar-refractivity contribution in [2.24, 2.45) is 0 Å². The van der Waals surface area contributed by atoms with Gasteiger partial charge in [-0.1, -0.05) is 13.8 Å². The average molecular weight is 257 g/mol. The molecule has 4 N–H and O–H groups in total. The second kappa shape index (κ2) is 23.6. The standard InChI is InChI=1S/C6H14S.K.HO3P.H2O.H/c1-3-5-7-6-4-2;;1-4(2)3;;/h3-6H2,1-2H3;;(H-,1,2,3);1H2;/q;+1;;;-1/p+1. The Hall–Kier alpha value is 1.97. The molecule has 0 heterocycles. The Kier molecular flexibility index (Phi) is 44.1. The molecule has 0 aliphatic carbocycles. The Bertz CT molecular complexity index is 93.9. The van der Waals surface area contributed by atoms with Crippen molar-refractivity contribution in [2.75, 3.05) is 11.5 Å². The van der Waals surface area contributed by atoms with E-state index in [4.69, 9.17) is 14.4 Å². The van der Waals surface area contributed by atoms with E-state index < -0.39 is 8.25 Å². The predicted molar refractivity (Wildman–Crippen MR) is 54.7 cm³/mol. The van der Waals surface area contributed by atoms with Crippen molar-refractivity contribution in [3.8, 4) is 0 Å². The summed E-state index contributed by atoms with van der Waals surface area (Å²) in [6.45, 7) is 4.45. The number of hydrogen-bond acceptors (Lipinski definition) is 2. The van der Waals surface area contributed by atoms with Gasteiger partial charge >= 0.3 is 59.6 Å². The molecule has 0 fully saturated rings. The molecule has 0 aliphatic heterocycles. The summed E-state index contributed by atoms with van der Waals surface area (Å²) in [6.07, 6.45) is 2.65. The second-order valence-corrected chi connectivity index (χ2v) is 3.60. The topological polar surface area (TPSA) is 89.0 Å². The molecule has 0 aromatic heterocycles. The predicted octanol–water partition coefficient (Wildman–Crippen LogP) is -1.54. The molecular weight excluding hydrogens is 238 g/mol. The molecule has 0 spiro atoms. The molecule has 7 heteroatoms. The van der Waals surface area contributed by atoms with E-state index in [-0.39, 0.29) is 58.3 Å². The van der Waals surface area contributed by atoms with Crippen LogP contribution in [0, 0.1) is 0 Å². The molecule has 0 radical (unpaired) electrons. The zero-order valence-electron chi connectivity index (χ0n) is 9.49. The Morgan fingerprint density at radius 3 is 1.62 bits per heavy atom.